The molecule has 5 rings (SSSR count). The maximum absolute atomic E-state index is 6.78. The second-order valence-electron chi connectivity index (χ2n) is 6.43. The molecule has 0 bridgehead atoms. The van der Waals surface area contributed by atoms with Gasteiger partial charge in [-0.1, -0.05) is 17.7 Å². The summed E-state index contributed by atoms with van der Waals surface area (Å²) in [6.45, 7) is 2.75. The van der Waals surface area contributed by atoms with Crippen LogP contribution in [-0.4, -0.2) is 60.9 Å². The maximum Gasteiger partial charge on any atom is 0.257 e. The van der Waals surface area contributed by atoms with Crippen LogP contribution >= 0.6 is 22.9 Å². The van der Waals surface area contributed by atoms with E-state index in [2.05, 4.69) is 25.2 Å². The molecular formula is C17H17ClN8O2S. The second-order valence-corrected chi connectivity index (χ2v) is 7.75. The Morgan fingerprint density at radius 3 is 2.83 bits per heavy atom. The lowest BCUT2D eigenvalue weighted by atomic mass is 10.3. The summed E-state index contributed by atoms with van der Waals surface area (Å²) in [4.78, 5) is 7.25. The fraction of sp³-hybridized carbons (Fsp3) is 0.353. The number of hydrogen-bond acceptors (Lipinski definition) is 9. The molecule has 0 aliphatic carbocycles. The topological polar surface area (TPSA) is 95.5 Å². The predicted octanol–water partition coefficient (Wildman–Crippen LogP) is 2.05. The van der Waals surface area contributed by atoms with E-state index >= 15 is 0 Å². The van der Waals surface area contributed by atoms with Gasteiger partial charge in [-0.05, 0) is 11.4 Å². The Balaban J connectivity index is 1.60. The standard InChI is InChI=1S/C17H17ClN8O2S/c1-24-10-19-12(22-24)9-28-17-14(25-4-6-27-7-5-25)13(18)16-21-20-15(26(16)23-17)11-3-2-8-29-11/h2-3,8,10H,4-7,9H2,1H3. The molecule has 0 radical (unpaired) electrons. The Labute approximate surface area is 174 Å². The molecule has 0 aromatic carbocycles. The highest BCUT2D eigenvalue weighted by Crippen LogP contribution is 2.38. The molecule has 29 heavy (non-hydrogen) atoms. The summed E-state index contributed by atoms with van der Waals surface area (Å²) in [5.41, 5.74) is 1.17. The van der Waals surface area contributed by atoms with Gasteiger partial charge in [0.15, 0.2) is 23.9 Å². The van der Waals surface area contributed by atoms with Gasteiger partial charge in [-0.3, -0.25) is 4.68 Å². The molecule has 1 fully saturated rings. The zero-order valence-corrected chi connectivity index (χ0v) is 17.1. The van der Waals surface area contributed by atoms with E-state index in [1.165, 1.54) is 0 Å². The van der Waals surface area contributed by atoms with Crippen molar-refractivity contribution < 1.29 is 9.47 Å². The molecule has 4 aromatic rings. The molecule has 5 heterocycles. The van der Waals surface area contributed by atoms with Crippen molar-refractivity contribution >= 4 is 34.3 Å². The quantitative estimate of drug-likeness (QED) is 0.473. The van der Waals surface area contributed by atoms with Crippen molar-refractivity contribution in [3.05, 3.63) is 34.7 Å². The number of nitrogens with zero attached hydrogens (tertiary/aromatic N) is 8. The van der Waals surface area contributed by atoms with E-state index in [1.807, 2.05) is 17.5 Å². The number of morpholine rings is 1. The van der Waals surface area contributed by atoms with Gasteiger partial charge in [0.1, 0.15) is 17.0 Å². The van der Waals surface area contributed by atoms with Crippen molar-refractivity contribution in [3.8, 4) is 16.6 Å². The van der Waals surface area contributed by atoms with Crippen LogP contribution < -0.4 is 9.64 Å². The molecule has 0 spiro atoms. The van der Waals surface area contributed by atoms with E-state index in [1.54, 1.807) is 33.9 Å². The summed E-state index contributed by atoms with van der Waals surface area (Å²) < 4.78 is 14.8. The minimum absolute atomic E-state index is 0.170. The number of fused-ring (bicyclic) bond motifs is 1. The van der Waals surface area contributed by atoms with Gasteiger partial charge in [0.25, 0.3) is 5.88 Å². The summed E-state index contributed by atoms with van der Waals surface area (Å²) in [7, 11) is 1.81. The first kappa shape index (κ1) is 18.3. The van der Waals surface area contributed by atoms with Gasteiger partial charge in [0.2, 0.25) is 0 Å². The summed E-state index contributed by atoms with van der Waals surface area (Å²) >= 11 is 8.34. The van der Waals surface area contributed by atoms with Gasteiger partial charge in [0, 0.05) is 20.1 Å². The number of thiophene rings is 1. The zero-order valence-electron chi connectivity index (χ0n) is 15.5. The van der Waals surface area contributed by atoms with E-state index in [4.69, 9.17) is 26.2 Å². The molecule has 12 heteroatoms. The zero-order chi connectivity index (χ0) is 19.8. The van der Waals surface area contributed by atoms with E-state index in [-0.39, 0.29) is 6.61 Å². The smallest absolute Gasteiger partial charge is 0.257 e. The third-order valence-corrected chi connectivity index (χ3v) is 5.71. The summed E-state index contributed by atoms with van der Waals surface area (Å²) in [6, 6.07) is 3.92. The molecule has 0 unspecified atom stereocenters. The normalized spacial score (nSPS) is 14.6. The minimum Gasteiger partial charge on any atom is -0.467 e. The van der Waals surface area contributed by atoms with Gasteiger partial charge in [-0.15, -0.1) is 26.6 Å². The predicted molar refractivity (Wildman–Crippen MR) is 107 cm³/mol. The Kier molecular flexibility index (Phi) is 4.78. The molecule has 150 valence electrons. The number of hydrogen-bond donors (Lipinski definition) is 0. The van der Waals surface area contributed by atoms with Crippen LogP contribution in [0.5, 0.6) is 5.88 Å². The van der Waals surface area contributed by atoms with E-state index in [9.17, 15) is 0 Å². The lowest BCUT2D eigenvalue weighted by Crippen LogP contribution is -2.37. The maximum atomic E-state index is 6.78. The molecule has 10 nitrogen and oxygen atoms in total. The number of aryl methyl sites for hydroxylation is 1. The highest BCUT2D eigenvalue weighted by Gasteiger charge is 2.26. The monoisotopic (exact) mass is 432 g/mol. The third-order valence-electron chi connectivity index (χ3n) is 4.49. The molecular weight excluding hydrogens is 416 g/mol. The third kappa shape index (κ3) is 3.41. The van der Waals surface area contributed by atoms with Gasteiger partial charge in [-0.2, -0.15) is 9.61 Å². The summed E-state index contributed by atoms with van der Waals surface area (Å²) in [5, 5.41) is 19.9. The number of anilines is 1. The van der Waals surface area contributed by atoms with Gasteiger partial charge in [0.05, 0.1) is 18.1 Å². The highest BCUT2D eigenvalue weighted by atomic mass is 35.5. The number of halogens is 1. The van der Waals surface area contributed by atoms with Crippen molar-refractivity contribution in [1.29, 1.82) is 0 Å². The fourth-order valence-electron chi connectivity index (χ4n) is 3.15. The lowest BCUT2D eigenvalue weighted by Gasteiger charge is -2.30. The van der Waals surface area contributed by atoms with Gasteiger partial charge >= 0.3 is 0 Å². The molecule has 1 aliphatic heterocycles. The average Bonchev–Trinajstić information content (AvgIpc) is 3.47. The molecule has 4 aromatic heterocycles. The van der Waals surface area contributed by atoms with Crippen LogP contribution in [0.1, 0.15) is 5.82 Å². The second kappa shape index (κ2) is 7.58. The van der Waals surface area contributed by atoms with Crippen LogP contribution in [0, 0.1) is 0 Å². The Morgan fingerprint density at radius 1 is 1.24 bits per heavy atom. The molecule has 1 aliphatic rings. The van der Waals surface area contributed by atoms with Crippen LogP contribution in [0.15, 0.2) is 23.8 Å². The van der Waals surface area contributed by atoms with Gasteiger partial charge < -0.3 is 14.4 Å². The number of rotatable bonds is 5. The largest absolute Gasteiger partial charge is 0.467 e. The first-order chi connectivity index (χ1) is 14.2. The average molecular weight is 433 g/mol. The molecule has 0 N–H and O–H groups in total. The van der Waals surface area contributed by atoms with Gasteiger partial charge in [-0.25, -0.2) is 4.98 Å². The van der Waals surface area contributed by atoms with E-state index in [0.717, 1.165) is 4.88 Å². The van der Waals surface area contributed by atoms with Crippen molar-refractivity contribution in [2.45, 2.75) is 6.61 Å². The Bertz CT molecular complexity index is 1140. The lowest BCUT2D eigenvalue weighted by molar-refractivity contribution is 0.122. The Hall–Kier alpha value is -2.76. The highest BCUT2D eigenvalue weighted by molar-refractivity contribution is 7.13. The van der Waals surface area contributed by atoms with Crippen LogP contribution in [-0.2, 0) is 18.4 Å². The number of ether oxygens (including phenoxy) is 2. The van der Waals surface area contributed by atoms with Crippen molar-refractivity contribution in [2.75, 3.05) is 31.2 Å². The van der Waals surface area contributed by atoms with Crippen molar-refractivity contribution in [2.24, 2.45) is 7.05 Å². The van der Waals surface area contributed by atoms with Crippen molar-refractivity contribution in [1.82, 2.24) is 34.6 Å². The minimum atomic E-state index is 0.170. The van der Waals surface area contributed by atoms with Crippen LogP contribution in [0.3, 0.4) is 0 Å². The van der Waals surface area contributed by atoms with E-state index < -0.39 is 0 Å². The fourth-order valence-corrected chi connectivity index (χ4v) is 4.16. The molecule has 1 saturated heterocycles. The summed E-state index contributed by atoms with van der Waals surface area (Å²) in [5.74, 6) is 1.56. The SMILES string of the molecule is Cn1cnc(COc2nn3c(-c4cccs4)nnc3c(Cl)c2N2CCOCC2)n1. The van der Waals surface area contributed by atoms with Crippen LogP contribution in [0.4, 0.5) is 5.69 Å². The molecule has 0 amide bonds. The summed E-state index contributed by atoms with van der Waals surface area (Å²) in [6.07, 6.45) is 1.62. The number of aromatic nitrogens is 7. The van der Waals surface area contributed by atoms with Crippen LogP contribution in [0.25, 0.3) is 16.3 Å². The Morgan fingerprint density at radius 2 is 2.10 bits per heavy atom. The van der Waals surface area contributed by atoms with Crippen LogP contribution in [0.2, 0.25) is 5.02 Å². The molecule has 0 saturated carbocycles. The van der Waals surface area contributed by atoms with Crippen molar-refractivity contribution in [3.63, 3.8) is 0 Å². The first-order valence-electron chi connectivity index (χ1n) is 8.99. The van der Waals surface area contributed by atoms with E-state index in [0.29, 0.717) is 60.2 Å². The molecule has 0 atom stereocenters. The first-order valence-corrected chi connectivity index (χ1v) is 10.3.